The Bertz CT molecular complexity index is 825. The first kappa shape index (κ1) is 19.4. The fourth-order valence-corrected chi connectivity index (χ4v) is 4.34. The van der Waals surface area contributed by atoms with Crippen molar-refractivity contribution in [2.45, 2.75) is 44.2 Å². The molecular weight excluding hydrogens is 368 g/mol. The average Bonchev–Trinajstić information content (AvgIpc) is 2.59. The second kappa shape index (κ2) is 7.01. The molecule has 1 saturated heterocycles. The van der Waals surface area contributed by atoms with E-state index in [1.807, 2.05) is 0 Å². The molecule has 0 bridgehead atoms. The van der Waals surface area contributed by atoms with Crippen molar-refractivity contribution in [1.82, 2.24) is 4.90 Å². The van der Waals surface area contributed by atoms with Gasteiger partial charge in [0, 0.05) is 5.75 Å². The summed E-state index contributed by atoms with van der Waals surface area (Å²) in [6.07, 6.45) is 0.424. The number of aromatic carboxylic acids is 1. The van der Waals surface area contributed by atoms with Crippen LogP contribution in [0.4, 0.5) is 0 Å². The normalized spacial score (nSPS) is 22.2. The molecule has 0 spiro atoms. The topological polar surface area (TPSA) is 110 Å². The molecule has 144 valence electrons. The number of carboxylic acid groups (broad SMARTS) is 1. The minimum absolute atomic E-state index is 0.196. The molecular formula is C19H22N2O5S. The van der Waals surface area contributed by atoms with Gasteiger partial charge in [-0.25, -0.2) is 9.59 Å². The molecule has 2 atom stereocenters. The summed E-state index contributed by atoms with van der Waals surface area (Å²) in [4.78, 5) is 37.5. The van der Waals surface area contributed by atoms with Crippen molar-refractivity contribution >= 4 is 29.6 Å². The quantitative estimate of drug-likeness (QED) is 0.595. The van der Waals surface area contributed by atoms with Crippen LogP contribution in [0.5, 0.6) is 0 Å². The molecule has 7 nitrogen and oxygen atoms in total. The second-order valence-corrected chi connectivity index (χ2v) is 8.67. The van der Waals surface area contributed by atoms with E-state index in [9.17, 15) is 14.4 Å². The zero-order valence-corrected chi connectivity index (χ0v) is 16.2. The zero-order chi connectivity index (χ0) is 19.9. The van der Waals surface area contributed by atoms with E-state index in [0.29, 0.717) is 12.2 Å². The third-order valence-electron chi connectivity index (χ3n) is 4.30. The number of carboxylic acids is 1. The maximum atomic E-state index is 12.8. The molecule has 1 aromatic carbocycles. The molecule has 1 unspecified atom stereocenters. The number of hydrogen-bond acceptors (Lipinski definition) is 6. The number of β-lactam (4-membered cyclic amide) rings is 1. The van der Waals surface area contributed by atoms with Crippen LogP contribution < -0.4 is 5.73 Å². The molecule has 0 aliphatic carbocycles. The van der Waals surface area contributed by atoms with Gasteiger partial charge in [0.2, 0.25) is 5.91 Å². The number of carbonyl (C=O) groups is 3. The first-order valence-corrected chi connectivity index (χ1v) is 9.61. The van der Waals surface area contributed by atoms with E-state index in [0.717, 1.165) is 11.1 Å². The van der Waals surface area contributed by atoms with Crippen LogP contribution in [-0.4, -0.2) is 50.6 Å². The monoisotopic (exact) mass is 390 g/mol. The summed E-state index contributed by atoms with van der Waals surface area (Å²) in [6.45, 7) is 5.32. The Balaban J connectivity index is 1.93. The molecule has 1 amide bonds. The highest BCUT2D eigenvalue weighted by molar-refractivity contribution is 8.00. The predicted molar refractivity (Wildman–Crippen MR) is 101 cm³/mol. The molecule has 1 aromatic rings. The summed E-state index contributed by atoms with van der Waals surface area (Å²) < 4.78 is 5.51. The second-order valence-electron chi connectivity index (χ2n) is 7.57. The van der Waals surface area contributed by atoms with Crippen molar-refractivity contribution in [3.8, 4) is 0 Å². The van der Waals surface area contributed by atoms with Crippen LogP contribution in [-0.2, 0) is 20.7 Å². The number of esters is 1. The van der Waals surface area contributed by atoms with Gasteiger partial charge in [0.25, 0.3) is 0 Å². The Hall–Kier alpha value is -2.32. The van der Waals surface area contributed by atoms with Crippen molar-refractivity contribution in [2.24, 2.45) is 5.73 Å². The summed E-state index contributed by atoms with van der Waals surface area (Å²) in [7, 11) is 0. The van der Waals surface area contributed by atoms with Crippen LogP contribution in [0.3, 0.4) is 0 Å². The molecule has 27 heavy (non-hydrogen) atoms. The number of nitrogens with zero attached hydrogens (tertiary/aromatic N) is 1. The van der Waals surface area contributed by atoms with Crippen LogP contribution in [0.25, 0.3) is 0 Å². The van der Waals surface area contributed by atoms with Crippen molar-refractivity contribution in [1.29, 1.82) is 0 Å². The Morgan fingerprint density at radius 3 is 2.48 bits per heavy atom. The number of amides is 1. The zero-order valence-electron chi connectivity index (χ0n) is 15.4. The highest BCUT2D eigenvalue weighted by atomic mass is 32.2. The van der Waals surface area contributed by atoms with Crippen molar-refractivity contribution in [3.63, 3.8) is 0 Å². The van der Waals surface area contributed by atoms with E-state index in [-0.39, 0.29) is 22.5 Å². The van der Waals surface area contributed by atoms with Crippen molar-refractivity contribution in [3.05, 3.63) is 46.7 Å². The third kappa shape index (κ3) is 3.86. The Kier molecular flexibility index (Phi) is 5.05. The number of thioether (sulfide) groups is 1. The molecule has 0 radical (unpaired) electrons. The molecule has 3 N–H and O–H groups in total. The molecule has 3 rings (SSSR count). The summed E-state index contributed by atoms with van der Waals surface area (Å²) in [6, 6.07) is 5.86. The summed E-state index contributed by atoms with van der Waals surface area (Å²) >= 11 is 1.52. The SMILES string of the molecule is CC(C)(C)OC(=O)C1=C(Cc2ccc(C(=O)O)cc2)CS[C@H]2C(N)C(=O)N12. The van der Waals surface area contributed by atoms with Crippen LogP contribution in [0.2, 0.25) is 0 Å². The molecule has 2 aliphatic rings. The highest BCUT2D eigenvalue weighted by Crippen LogP contribution is 2.41. The lowest BCUT2D eigenvalue weighted by Crippen LogP contribution is -2.68. The molecule has 2 heterocycles. The van der Waals surface area contributed by atoms with E-state index in [1.165, 1.54) is 28.8 Å². The maximum Gasteiger partial charge on any atom is 0.355 e. The summed E-state index contributed by atoms with van der Waals surface area (Å²) in [5.41, 5.74) is 7.27. The molecule has 0 aromatic heterocycles. The van der Waals surface area contributed by atoms with Crippen molar-refractivity contribution in [2.75, 3.05) is 5.75 Å². The number of nitrogens with two attached hydrogens (primary N) is 1. The molecule has 2 aliphatic heterocycles. The van der Waals surface area contributed by atoms with E-state index < -0.39 is 23.6 Å². The predicted octanol–water partition coefficient (Wildman–Crippen LogP) is 1.77. The lowest BCUT2D eigenvalue weighted by molar-refractivity contribution is -0.158. The molecule has 8 heteroatoms. The van der Waals surface area contributed by atoms with Crippen LogP contribution in [0.15, 0.2) is 35.5 Å². The van der Waals surface area contributed by atoms with Crippen molar-refractivity contribution < 1.29 is 24.2 Å². The van der Waals surface area contributed by atoms with Gasteiger partial charge in [-0.2, -0.15) is 0 Å². The lowest BCUT2D eigenvalue weighted by Gasteiger charge is -2.48. The van der Waals surface area contributed by atoms with E-state index in [4.69, 9.17) is 15.6 Å². The highest BCUT2D eigenvalue weighted by Gasteiger charge is 2.52. The van der Waals surface area contributed by atoms with Gasteiger partial charge in [0.1, 0.15) is 22.7 Å². The van der Waals surface area contributed by atoms with Gasteiger partial charge < -0.3 is 15.6 Å². The number of hydrogen-bond donors (Lipinski definition) is 2. The largest absolute Gasteiger partial charge is 0.478 e. The smallest absolute Gasteiger partial charge is 0.355 e. The number of rotatable bonds is 4. The first-order chi connectivity index (χ1) is 12.6. The van der Waals surface area contributed by atoms with Gasteiger partial charge in [-0.1, -0.05) is 12.1 Å². The average molecular weight is 390 g/mol. The van der Waals surface area contributed by atoms with Gasteiger partial charge >= 0.3 is 11.9 Å². The third-order valence-corrected chi connectivity index (χ3v) is 5.66. The Morgan fingerprint density at radius 2 is 1.93 bits per heavy atom. The van der Waals surface area contributed by atoms with Gasteiger partial charge in [-0.3, -0.25) is 9.69 Å². The minimum Gasteiger partial charge on any atom is -0.478 e. The van der Waals surface area contributed by atoms with E-state index >= 15 is 0 Å². The van der Waals surface area contributed by atoms with E-state index in [2.05, 4.69) is 0 Å². The first-order valence-electron chi connectivity index (χ1n) is 8.56. The van der Waals surface area contributed by atoms with E-state index in [1.54, 1.807) is 32.9 Å². The Labute approximate surface area is 161 Å². The van der Waals surface area contributed by atoms with Crippen LogP contribution in [0, 0.1) is 0 Å². The Morgan fingerprint density at radius 1 is 1.30 bits per heavy atom. The number of carbonyl (C=O) groups excluding carboxylic acids is 2. The number of fused-ring (bicyclic) bond motifs is 1. The van der Waals surface area contributed by atoms with Crippen LogP contribution in [0.1, 0.15) is 36.7 Å². The van der Waals surface area contributed by atoms with Gasteiger partial charge in [0.15, 0.2) is 0 Å². The summed E-state index contributed by atoms with van der Waals surface area (Å²) in [5, 5.41) is 8.76. The number of benzene rings is 1. The summed E-state index contributed by atoms with van der Waals surface area (Å²) in [5.74, 6) is -1.26. The lowest BCUT2D eigenvalue weighted by atomic mass is 9.98. The van der Waals surface area contributed by atoms with Gasteiger partial charge in [-0.15, -0.1) is 11.8 Å². The standard InChI is InChI=1S/C19H22N2O5S/c1-19(2,3)26-18(25)14-12(9-27-16-13(20)15(22)21(14)16)8-10-4-6-11(7-5-10)17(23)24/h4-7,13,16H,8-9,20H2,1-3H3,(H,23,24)/t13?,16-/m0/s1. The van der Waals surface area contributed by atoms with Crippen LogP contribution >= 0.6 is 11.8 Å². The fraction of sp³-hybridized carbons (Fsp3) is 0.421. The number of ether oxygens (including phenoxy) is 1. The molecule has 1 fully saturated rings. The van der Waals surface area contributed by atoms with Gasteiger partial charge in [-0.05, 0) is 50.5 Å². The maximum absolute atomic E-state index is 12.8. The minimum atomic E-state index is -0.994. The van der Waals surface area contributed by atoms with Gasteiger partial charge in [0.05, 0.1) is 5.56 Å². The fourth-order valence-electron chi connectivity index (χ4n) is 3.04. The molecule has 0 saturated carbocycles.